The Balaban J connectivity index is 2.30. The van der Waals surface area contributed by atoms with Gasteiger partial charge >= 0.3 is 23.5 Å². The Labute approximate surface area is 173 Å². The molecule has 3 unspecified atom stereocenters. The van der Waals surface area contributed by atoms with Crippen LogP contribution in [0, 0.1) is 10.7 Å². The number of phosphoric acid groups is 3. The van der Waals surface area contributed by atoms with E-state index >= 15 is 0 Å². The Morgan fingerprint density at radius 3 is 2.37 bits per heavy atom. The Morgan fingerprint density at radius 2 is 1.87 bits per heavy atom. The minimum Gasteiger partial charge on any atom is -0.396 e. The molecule has 1 fully saturated rings. The maximum Gasteiger partial charge on any atom is 0.490 e. The van der Waals surface area contributed by atoms with Gasteiger partial charge in [0.25, 0.3) is 0 Å². The Kier molecular flexibility index (Phi) is 7.46. The van der Waals surface area contributed by atoms with Crippen molar-refractivity contribution in [2.45, 2.75) is 25.0 Å². The molecule has 0 bridgehead atoms. The molecule has 0 radical (unpaired) electrons. The van der Waals surface area contributed by atoms with Gasteiger partial charge in [-0.2, -0.15) is 8.62 Å². The normalized spacial score (nSPS) is 31.2. The van der Waals surface area contributed by atoms with E-state index in [1.54, 1.807) is 0 Å². The van der Waals surface area contributed by atoms with Crippen LogP contribution in [0.4, 0.5) is 5.82 Å². The van der Waals surface area contributed by atoms with E-state index in [4.69, 9.17) is 37.0 Å². The number of nitrogens with two attached hydrogens (primary N) is 1. The first-order chi connectivity index (χ1) is 13.5. The van der Waals surface area contributed by atoms with E-state index in [1.807, 2.05) is 0 Å². The van der Waals surface area contributed by atoms with Gasteiger partial charge in [-0.25, -0.2) is 18.7 Å². The topological polar surface area (TPSA) is 253 Å². The number of hydrogen-bond donors (Lipinski definition) is 7. The SMILES string of the molecule is C[C@]1(OP(=O)(O)OP(=O)(O)OP(=O)(O)O)O[C@@H](n2ccc(N)nc2=S)[C@@H](O)C1CO. The van der Waals surface area contributed by atoms with E-state index < -0.39 is 54.1 Å². The van der Waals surface area contributed by atoms with Crippen molar-refractivity contribution in [1.82, 2.24) is 9.55 Å². The zero-order chi connectivity index (χ0) is 23.1. The molecule has 1 aliphatic heterocycles. The molecule has 2 heterocycles. The molecule has 1 aromatic heterocycles. The number of anilines is 1. The summed E-state index contributed by atoms with van der Waals surface area (Å²) in [5.74, 6) is -3.69. The van der Waals surface area contributed by atoms with E-state index in [1.165, 1.54) is 12.3 Å². The van der Waals surface area contributed by atoms with Gasteiger partial charge < -0.3 is 40.3 Å². The van der Waals surface area contributed by atoms with E-state index in [0.29, 0.717) is 0 Å². The molecule has 0 aromatic carbocycles. The molecule has 0 saturated carbocycles. The summed E-state index contributed by atoms with van der Waals surface area (Å²) in [6, 6.07) is 1.30. The Hall–Kier alpha value is -0.610. The third kappa shape index (κ3) is 6.22. The summed E-state index contributed by atoms with van der Waals surface area (Å²) < 4.78 is 52.7. The molecule has 6 atom stereocenters. The molecule has 20 heteroatoms. The minimum absolute atomic E-state index is 0.0541. The second-order valence-electron chi connectivity index (χ2n) is 6.03. The van der Waals surface area contributed by atoms with Crippen molar-refractivity contribution >= 4 is 41.5 Å². The highest BCUT2D eigenvalue weighted by atomic mass is 32.1. The maximum absolute atomic E-state index is 12.1. The van der Waals surface area contributed by atoms with E-state index in [0.717, 1.165) is 11.5 Å². The minimum atomic E-state index is -5.78. The van der Waals surface area contributed by atoms with Crippen LogP contribution in [0.15, 0.2) is 12.3 Å². The van der Waals surface area contributed by atoms with Gasteiger partial charge in [-0.15, -0.1) is 0 Å². The van der Waals surface area contributed by atoms with Gasteiger partial charge in [0.05, 0.1) is 12.5 Å². The highest BCUT2D eigenvalue weighted by Crippen LogP contribution is 2.68. The van der Waals surface area contributed by atoms with Crippen LogP contribution < -0.4 is 5.73 Å². The molecule has 1 saturated heterocycles. The van der Waals surface area contributed by atoms with Crippen molar-refractivity contribution < 1.29 is 61.4 Å². The first-order valence-corrected chi connectivity index (χ1v) is 12.6. The number of rotatable bonds is 8. The summed E-state index contributed by atoms with van der Waals surface area (Å²) in [4.78, 5) is 39.9. The third-order valence-corrected chi connectivity index (χ3v) is 7.99. The van der Waals surface area contributed by atoms with Gasteiger partial charge in [0, 0.05) is 6.20 Å². The fourth-order valence-corrected chi connectivity index (χ4v) is 6.18. The van der Waals surface area contributed by atoms with Crippen molar-refractivity contribution in [3.8, 4) is 0 Å². The van der Waals surface area contributed by atoms with Crippen LogP contribution in [0.2, 0.25) is 0 Å². The molecule has 2 rings (SSSR count). The van der Waals surface area contributed by atoms with E-state index in [-0.39, 0.29) is 10.6 Å². The third-order valence-electron chi connectivity index (χ3n) is 3.77. The van der Waals surface area contributed by atoms with Gasteiger partial charge in [-0.3, -0.25) is 9.09 Å². The van der Waals surface area contributed by atoms with Crippen LogP contribution in [0.25, 0.3) is 0 Å². The predicted molar refractivity (Wildman–Crippen MR) is 97.5 cm³/mol. The number of phosphoric ester groups is 1. The predicted octanol–water partition coefficient (Wildman–Crippen LogP) is -0.248. The van der Waals surface area contributed by atoms with Crippen molar-refractivity contribution in [3.05, 3.63) is 17.0 Å². The van der Waals surface area contributed by atoms with Crippen molar-refractivity contribution in [2.75, 3.05) is 12.3 Å². The molecular formula is C10H18N3O13P3S. The Morgan fingerprint density at radius 1 is 1.27 bits per heavy atom. The average molecular weight is 513 g/mol. The van der Waals surface area contributed by atoms with Crippen LogP contribution in [0.1, 0.15) is 13.2 Å². The zero-order valence-electron chi connectivity index (χ0n) is 14.9. The lowest BCUT2D eigenvalue weighted by Gasteiger charge is -2.31. The molecule has 16 nitrogen and oxygen atoms in total. The van der Waals surface area contributed by atoms with Gasteiger partial charge in [0.1, 0.15) is 11.9 Å². The number of hydrogen-bond acceptors (Lipinski definition) is 12. The van der Waals surface area contributed by atoms with Crippen LogP contribution in [-0.4, -0.2) is 57.8 Å². The number of aromatic nitrogens is 2. The lowest BCUT2D eigenvalue weighted by molar-refractivity contribution is -0.205. The summed E-state index contributed by atoms with van der Waals surface area (Å²) in [5, 5.41) is 20.1. The van der Waals surface area contributed by atoms with Crippen molar-refractivity contribution in [2.24, 2.45) is 5.92 Å². The highest BCUT2D eigenvalue weighted by molar-refractivity contribution is 7.71. The number of nitrogens with zero attached hydrogens (tertiary/aromatic N) is 2. The van der Waals surface area contributed by atoms with Crippen molar-refractivity contribution in [1.29, 1.82) is 0 Å². The molecule has 1 aliphatic rings. The van der Waals surface area contributed by atoms with E-state index in [9.17, 15) is 33.7 Å². The van der Waals surface area contributed by atoms with Crippen LogP contribution in [-0.2, 0) is 31.6 Å². The fraction of sp³-hybridized carbons (Fsp3) is 0.600. The highest BCUT2D eigenvalue weighted by Gasteiger charge is 2.57. The molecule has 0 aliphatic carbocycles. The molecule has 0 amide bonds. The smallest absolute Gasteiger partial charge is 0.396 e. The monoisotopic (exact) mass is 513 g/mol. The summed E-state index contributed by atoms with van der Waals surface area (Å²) in [6.45, 7) is 0.128. The van der Waals surface area contributed by atoms with Gasteiger partial charge in [0.15, 0.2) is 12.0 Å². The van der Waals surface area contributed by atoms with Crippen LogP contribution in [0.5, 0.6) is 0 Å². The van der Waals surface area contributed by atoms with Crippen molar-refractivity contribution in [3.63, 3.8) is 0 Å². The van der Waals surface area contributed by atoms with Gasteiger partial charge in [0.2, 0.25) is 4.77 Å². The summed E-state index contributed by atoms with van der Waals surface area (Å²) in [6.07, 6.45) is -1.71. The molecule has 30 heavy (non-hydrogen) atoms. The first kappa shape index (κ1) is 25.6. The summed E-state index contributed by atoms with van der Waals surface area (Å²) in [7, 11) is -17.0. The largest absolute Gasteiger partial charge is 0.490 e. The van der Waals surface area contributed by atoms with Crippen LogP contribution in [0.3, 0.4) is 0 Å². The molecular weight excluding hydrogens is 495 g/mol. The standard InChI is InChI=1S/C10H18N3O13P3S/c1-10(24-28(19,20)26-29(21,22)25-27(16,17)18)5(4-14)7(15)8(23-10)13-3-2-6(11)12-9(13)30/h2-3,5,7-8,14-15H,4H2,1H3,(H,19,20)(H,21,22)(H2,11,12,30)(H2,16,17,18)/t5?,7-,8+,10+/m0/s1. The average Bonchev–Trinajstić information content (AvgIpc) is 2.72. The number of aliphatic hydroxyl groups excluding tert-OH is 2. The van der Waals surface area contributed by atoms with Gasteiger partial charge in [-0.05, 0) is 25.2 Å². The summed E-state index contributed by atoms with van der Waals surface area (Å²) in [5.41, 5.74) is 5.49. The van der Waals surface area contributed by atoms with Crippen LogP contribution >= 0.6 is 35.7 Å². The van der Waals surface area contributed by atoms with Gasteiger partial charge in [-0.1, -0.05) is 0 Å². The van der Waals surface area contributed by atoms with E-state index in [2.05, 4.69) is 13.6 Å². The zero-order valence-corrected chi connectivity index (χ0v) is 18.4. The lowest BCUT2D eigenvalue weighted by atomic mass is 9.97. The molecule has 0 spiro atoms. The number of nitrogen functional groups attached to an aromatic ring is 1. The molecule has 8 N–H and O–H groups in total. The second-order valence-corrected chi connectivity index (χ2v) is 10.7. The molecule has 172 valence electrons. The molecule has 1 aromatic rings. The fourth-order valence-electron chi connectivity index (χ4n) is 2.64. The first-order valence-electron chi connectivity index (χ1n) is 7.64. The second kappa shape index (κ2) is 8.73. The summed E-state index contributed by atoms with van der Waals surface area (Å²) >= 11 is 5.00. The lowest BCUT2D eigenvalue weighted by Crippen LogP contribution is -2.39. The Bertz CT molecular complexity index is 999. The number of aliphatic hydroxyl groups is 2. The maximum atomic E-state index is 12.1. The number of ether oxygens (including phenoxy) is 1. The quantitative estimate of drug-likeness (QED) is 0.175.